The van der Waals surface area contributed by atoms with E-state index in [0.717, 1.165) is 42.5 Å². The molecule has 5 aliphatic carbocycles. The average Bonchev–Trinajstić information content (AvgIpc) is 2.95. The van der Waals surface area contributed by atoms with Crippen LogP contribution < -0.4 is 5.73 Å². The smallest absolute Gasteiger partial charge is 0.433 e. The highest BCUT2D eigenvalue weighted by molar-refractivity contribution is 5.88. The number of nitrogens with two attached hydrogens (primary N) is 1. The van der Waals surface area contributed by atoms with E-state index >= 15 is 0 Å². The summed E-state index contributed by atoms with van der Waals surface area (Å²) < 4.78 is 38.9. The van der Waals surface area contributed by atoms with Crippen molar-refractivity contribution in [3.05, 3.63) is 17.5 Å². The molecule has 0 saturated heterocycles. The lowest BCUT2D eigenvalue weighted by molar-refractivity contribution is -0.146. The van der Waals surface area contributed by atoms with Gasteiger partial charge in [-0.2, -0.15) is 18.3 Å². The number of carboxylic acid groups (broad SMARTS) is 1. The molecule has 4 N–H and O–H groups in total. The molecule has 0 spiro atoms. The number of carbonyl (C=O) groups is 1. The molecule has 5 fully saturated rings. The molecular weight excluding hydrogens is 375 g/mol. The minimum Gasteiger partial charge on any atom is -0.478 e. The number of rotatable bonds is 2. The maximum absolute atomic E-state index is 12.7. The minimum absolute atomic E-state index is 0.299. The Morgan fingerprint density at radius 3 is 2.25 bits per heavy atom. The maximum atomic E-state index is 12.7. The van der Waals surface area contributed by atoms with Gasteiger partial charge in [0.05, 0.1) is 17.8 Å². The summed E-state index contributed by atoms with van der Waals surface area (Å²) in [4.78, 5) is 10.7. The van der Waals surface area contributed by atoms with Gasteiger partial charge >= 0.3 is 12.1 Å². The monoisotopic (exact) mass is 401 g/mol. The average molecular weight is 401 g/mol. The number of hydrogen-bond acceptors (Lipinski definition) is 4. The number of aliphatic hydroxyl groups is 1. The third kappa shape index (κ3) is 3.43. The molecule has 5 aliphatic rings. The van der Waals surface area contributed by atoms with Gasteiger partial charge in [-0.15, -0.1) is 0 Å². The molecule has 1 heterocycles. The van der Waals surface area contributed by atoms with Crippen molar-refractivity contribution in [2.45, 2.75) is 75.2 Å². The summed E-state index contributed by atoms with van der Waals surface area (Å²) in [6.45, 7) is 0. The summed E-state index contributed by atoms with van der Waals surface area (Å²) in [5.41, 5.74) is 3.89. The maximum Gasteiger partial charge on any atom is 0.433 e. The fraction of sp³-hybridized carbons (Fsp3) is 0.789. The highest BCUT2D eigenvalue weighted by Gasteiger charge is 2.53. The molecule has 0 aromatic carbocycles. The first-order valence-corrected chi connectivity index (χ1v) is 9.93. The molecule has 28 heavy (non-hydrogen) atoms. The highest BCUT2D eigenvalue weighted by Crippen LogP contribution is 2.55. The summed E-state index contributed by atoms with van der Waals surface area (Å²) >= 11 is 0. The lowest BCUT2D eigenvalue weighted by Crippen LogP contribution is -2.59. The topological polar surface area (TPSA) is 101 Å². The standard InChI is InChI=1S/C10H17NO.C9H9F3N2O2/c11-9-7-1-6-2-8(9)5-10(12,3-6)4-7;10-9(11,12)7-6(8(15)16)4-13-14(7)5-2-1-3-5/h6-9,12H,1-5,11H2;4-5H,1-3H2,(H,15,16). The van der Waals surface area contributed by atoms with E-state index in [-0.39, 0.29) is 11.6 Å². The van der Waals surface area contributed by atoms with E-state index in [2.05, 4.69) is 5.10 Å². The lowest BCUT2D eigenvalue weighted by atomic mass is 9.52. The van der Waals surface area contributed by atoms with Crippen LogP contribution in [-0.4, -0.2) is 37.6 Å². The summed E-state index contributed by atoms with van der Waals surface area (Å²) in [7, 11) is 0. The second kappa shape index (κ2) is 6.73. The van der Waals surface area contributed by atoms with Gasteiger partial charge in [0.25, 0.3) is 0 Å². The summed E-state index contributed by atoms with van der Waals surface area (Å²) in [5, 5.41) is 22.4. The number of nitrogens with zero attached hydrogens (tertiary/aromatic N) is 2. The Bertz CT molecular complexity index is 743. The van der Waals surface area contributed by atoms with Crippen LogP contribution in [0.5, 0.6) is 0 Å². The van der Waals surface area contributed by atoms with Crippen LogP contribution in [0.1, 0.15) is 73.5 Å². The molecule has 4 bridgehead atoms. The van der Waals surface area contributed by atoms with Gasteiger partial charge in [0.1, 0.15) is 5.56 Å². The fourth-order valence-corrected chi connectivity index (χ4v) is 5.73. The molecule has 0 radical (unpaired) electrons. The van der Waals surface area contributed by atoms with Crippen molar-refractivity contribution in [1.82, 2.24) is 9.78 Å². The molecular formula is C19H26F3N3O3. The number of aromatic nitrogens is 2. The molecule has 0 amide bonds. The first-order chi connectivity index (χ1) is 13.1. The molecule has 2 atom stereocenters. The van der Waals surface area contributed by atoms with Crippen molar-refractivity contribution in [1.29, 1.82) is 0 Å². The van der Waals surface area contributed by atoms with Gasteiger partial charge in [0.2, 0.25) is 0 Å². The Morgan fingerprint density at radius 1 is 1.21 bits per heavy atom. The molecule has 1 aromatic heterocycles. The van der Waals surface area contributed by atoms with Gasteiger partial charge in [-0.1, -0.05) is 0 Å². The Morgan fingerprint density at radius 2 is 1.82 bits per heavy atom. The molecule has 5 saturated carbocycles. The Balaban J connectivity index is 0.000000142. The van der Waals surface area contributed by atoms with Crippen LogP contribution in [-0.2, 0) is 6.18 Å². The quantitative estimate of drug-likeness (QED) is 0.706. The van der Waals surface area contributed by atoms with Crippen molar-refractivity contribution in [2.75, 3.05) is 0 Å². The summed E-state index contributed by atoms with van der Waals surface area (Å²) in [6, 6.07) is 0.0894. The molecule has 156 valence electrons. The van der Waals surface area contributed by atoms with Crippen molar-refractivity contribution in [3.63, 3.8) is 0 Å². The van der Waals surface area contributed by atoms with Gasteiger partial charge in [-0.05, 0) is 69.1 Å². The summed E-state index contributed by atoms with van der Waals surface area (Å²) in [5.74, 6) is 0.479. The first-order valence-electron chi connectivity index (χ1n) is 9.93. The SMILES string of the molecule is NC1C2CC3CC1CC(O)(C3)C2.O=C(O)c1cnn(C2CCC2)c1C(F)(F)F. The summed E-state index contributed by atoms with van der Waals surface area (Å²) in [6.07, 6.45) is 3.79. The normalized spacial score (nSPS) is 36.6. The van der Waals surface area contributed by atoms with Crippen LogP contribution in [0.25, 0.3) is 0 Å². The highest BCUT2D eigenvalue weighted by atomic mass is 19.4. The molecule has 6 rings (SSSR count). The van der Waals surface area contributed by atoms with Gasteiger partial charge in [-0.25, -0.2) is 4.79 Å². The van der Waals surface area contributed by atoms with Crippen LogP contribution in [0.4, 0.5) is 13.2 Å². The molecule has 9 heteroatoms. The van der Waals surface area contributed by atoms with Crippen molar-refractivity contribution in [3.8, 4) is 0 Å². The van der Waals surface area contributed by atoms with E-state index in [0.29, 0.717) is 30.7 Å². The van der Waals surface area contributed by atoms with Crippen molar-refractivity contribution >= 4 is 5.97 Å². The second-order valence-corrected chi connectivity index (χ2v) is 9.01. The number of hydrogen-bond donors (Lipinski definition) is 3. The number of alkyl halides is 3. The van der Waals surface area contributed by atoms with Gasteiger partial charge < -0.3 is 15.9 Å². The van der Waals surface area contributed by atoms with Crippen LogP contribution in [0.3, 0.4) is 0 Å². The van der Waals surface area contributed by atoms with Crippen molar-refractivity contribution < 1.29 is 28.2 Å². The molecule has 6 nitrogen and oxygen atoms in total. The zero-order chi connectivity index (χ0) is 20.3. The predicted octanol–water partition coefficient (Wildman–Crippen LogP) is 3.21. The number of carboxylic acids is 1. The molecule has 0 aliphatic heterocycles. The van der Waals surface area contributed by atoms with E-state index in [4.69, 9.17) is 10.8 Å². The molecule has 1 aromatic rings. The van der Waals surface area contributed by atoms with Gasteiger partial charge in [-0.3, -0.25) is 4.68 Å². The van der Waals surface area contributed by atoms with Crippen LogP contribution in [0.2, 0.25) is 0 Å². The van der Waals surface area contributed by atoms with Crippen LogP contribution in [0.15, 0.2) is 6.20 Å². The van der Waals surface area contributed by atoms with E-state index in [9.17, 15) is 23.1 Å². The minimum atomic E-state index is -4.68. The second-order valence-electron chi connectivity index (χ2n) is 9.01. The van der Waals surface area contributed by atoms with E-state index in [1.807, 2.05) is 0 Å². The lowest BCUT2D eigenvalue weighted by Gasteiger charge is -2.57. The molecule has 2 unspecified atom stereocenters. The third-order valence-corrected chi connectivity index (χ3v) is 7.03. The van der Waals surface area contributed by atoms with Crippen LogP contribution in [0, 0.1) is 17.8 Å². The largest absolute Gasteiger partial charge is 0.478 e. The van der Waals surface area contributed by atoms with E-state index < -0.39 is 23.4 Å². The fourth-order valence-electron chi connectivity index (χ4n) is 5.73. The Kier molecular flexibility index (Phi) is 4.73. The first kappa shape index (κ1) is 19.7. The number of aromatic carboxylic acids is 1. The van der Waals surface area contributed by atoms with Gasteiger partial charge in [0, 0.05) is 6.04 Å². The number of halogens is 3. The predicted molar refractivity (Wildman–Crippen MR) is 93.6 cm³/mol. The van der Waals surface area contributed by atoms with Gasteiger partial charge in [0.15, 0.2) is 5.69 Å². The third-order valence-electron chi connectivity index (χ3n) is 7.03. The zero-order valence-corrected chi connectivity index (χ0v) is 15.5. The Labute approximate surface area is 160 Å². The van der Waals surface area contributed by atoms with Crippen molar-refractivity contribution in [2.24, 2.45) is 23.5 Å². The Hall–Kier alpha value is -1.61. The van der Waals surface area contributed by atoms with Crippen LogP contribution >= 0.6 is 0 Å². The van der Waals surface area contributed by atoms with E-state index in [1.165, 1.54) is 12.8 Å². The zero-order valence-electron chi connectivity index (χ0n) is 15.5. The van der Waals surface area contributed by atoms with E-state index in [1.54, 1.807) is 0 Å².